The summed E-state index contributed by atoms with van der Waals surface area (Å²) in [7, 11) is 0. The predicted molar refractivity (Wildman–Crippen MR) is 54.9 cm³/mol. The molecule has 1 rings (SSSR count). The lowest BCUT2D eigenvalue weighted by Gasteiger charge is -2.29. The van der Waals surface area contributed by atoms with Crippen LogP contribution in [0.4, 0.5) is 0 Å². The van der Waals surface area contributed by atoms with Crippen LogP contribution < -0.4 is 11.1 Å². The van der Waals surface area contributed by atoms with E-state index in [9.17, 15) is 0 Å². The molecule has 0 amide bonds. The zero-order valence-electron chi connectivity index (χ0n) is 8.38. The number of aliphatic imine (C=N–C) groups is 1. The number of hydrogen-bond donors (Lipinski definition) is 2. The summed E-state index contributed by atoms with van der Waals surface area (Å²) >= 11 is 0. The van der Waals surface area contributed by atoms with Gasteiger partial charge < -0.3 is 16.0 Å². The minimum atomic E-state index is 0.464. The Morgan fingerprint density at radius 1 is 1.69 bits per heavy atom. The molecule has 4 heteroatoms. The van der Waals surface area contributed by atoms with Crippen molar-refractivity contribution in [3.05, 3.63) is 12.4 Å². The lowest BCUT2D eigenvalue weighted by Crippen LogP contribution is -2.44. The molecule has 0 aromatic carbocycles. The Hall–Kier alpha value is -1.19. The van der Waals surface area contributed by atoms with E-state index in [4.69, 9.17) is 5.73 Å². The number of nitrogens with one attached hydrogen (secondary N) is 1. The summed E-state index contributed by atoms with van der Waals surface area (Å²) in [5, 5.41) is 2.91. The van der Waals surface area contributed by atoms with Gasteiger partial charge in [0.05, 0.1) is 0 Å². The van der Waals surface area contributed by atoms with Gasteiger partial charge in [-0.2, -0.15) is 0 Å². The van der Waals surface area contributed by atoms with Crippen molar-refractivity contribution in [1.29, 1.82) is 0 Å². The molecule has 3 N–H and O–H groups in total. The summed E-state index contributed by atoms with van der Waals surface area (Å²) in [6.07, 6.45) is 1.15. The lowest BCUT2D eigenvalue weighted by atomic mass is 10.1. The molecule has 0 bridgehead atoms. The van der Waals surface area contributed by atoms with E-state index in [-0.39, 0.29) is 0 Å². The molecule has 0 fully saturated rings. The maximum absolute atomic E-state index is 5.49. The largest absolute Gasteiger partial charge is 0.370 e. The van der Waals surface area contributed by atoms with Crippen LogP contribution in [0.1, 0.15) is 20.3 Å². The van der Waals surface area contributed by atoms with E-state index in [0.29, 0.717) is 18.5 Å². The van der Waals surface area contributed by atoms with Gasteiger partial charge in [-0.05, 0) is 12.3 Å². The molecule has 0 spiro atoms. The Labute approximate surface area is 79.5 Å². The third-order valence-corrected chi connectivity index (χ3v) is 2.04. The van der Waals surface area contributed by atoms with Crippen LogP contribution in [-0.2, 0) is 0 Å². The lowest BCUT2D eigenvalue weighted by molar-refractivity contribution is 0.308. The van der Waals surface area contributed by atoms with E-state index >= 15 is 0 Å². The fourth-order valence-electron chi connectivity index (χ4n) is 1.13. The fourth-order valence-corrected chi connectivity index (χ4v) is 1.13. The quantitative estimate of drug-likeness (QED) is 0.675. The molecule has 1 heterocycles. The number of nitrogens with zero attached hydrogens (tertiary/aromatic N) is 2. The first-order valence-electron chi connectivity index (χ1n) is 4.60. The van der Waals surface area contributed by atoms with E-state index in [2.05, 4.69) is 35.6 Å². The second kappa shape index (κ2) is 4.16. The Morgan fingerprint density at radius 2 is 2.38 bits per heavy atom. The van der Waals surface area contributed by atoms with Crippen LogP contribution in [0, 0.1) is 5.92 Å². The maximum Gasteiger partial charge on any atom is 0.196 e. The monoisotopic (exact) mass is 182 g/mol. The van der Waals surface area contributed by atoms with Crippen LogP contribution in [0.15, 0.2) is 17.4 Å². The van der Waals surface area contributed by atoms with E-state index in [1.807, 2.05) is 0 Å². The summed E-state index contributed by atoms with van der Waals surface area (Å²) in [6, 6.07) is 0. The molecule has 1 aliphatic rings. The normalized spacial score (nSPS) is 17.3. The van der Waals surface area contributed by atoms with Gasteiger partial charge in [-0.25, -0.2) is 4.99 Å². The van der Waals surface area contributed by atoms with Gasteiger partial charge in [0.25, 0.3) is 0 Å². The van der Waals surface area contributed by atoms with Crippen molar-refractivity contribution in [1.82, 2.24) is 10.2 Å². The third kappa shape index (κ3) is 2.97. The van der Waals surface area contributed by atoms with Crippen LogP contribution in [0.25, 0.3) is 0 Å². The van der Waals surface area contributed by atoms with E-state index in [1.165, 1.54) is 0 Å². The van der Waals surface area contributed by atoms with Gasteiger partial charge in [0.2, 0.25) is 0 Å². The SMILES string of the molecule is C=C1NC(N)=NCN1CCC(C)C. The maximum atomic E-state index is 5.49. The van der Waals surface area contributed by atoms with Crippen LogP contribution in [-0.4, -0.2) is 24.1 Å². The number of rotatable bonds is 3. The van der Waals surface area contributed by atoms with E-state index in [0.717, 1.165) is 18.8 Å². The van der Waals surface area contributed by atoms with Gasteiger partial charge in [0, 0.05) is 6.54 Å². The summed E-state index contributed by atoms with van der Waals surface area (Å²) in [5.74, 6) is 2.02. The molecule has 0 aromatic rings. The van der Waals surface area contributed by atoms with Crippen LogP contribution >= 0.6 is 0 Å². The molecule has 0 radical (unpaired) electrons. The molecule has 0 unspecified atom stereocenters. The third-order valence-electron chi connectivity index (χ3n) is 2.04. The van der Waals surface area contributed by atoms with Crippen molar-refractivity contribution in [2.45, 2.75) is 20.3 Å². The number of nitrogens with two attached hydrogens (primary N) is 1. The van der Waals surface area contributed by atoms with Gasteiger partial charge >= 0.3 is 0 Å². The number of guanidine groups is 1. The first-order valence-corrected chi connectivity index (χ1v) is 4.60. The van der Waals surface area contributed by atoms with Gasteiger partial charge in [-0.15, -0.1) is 0 Å². The molecular formula is C9H18N4. The first-order chi connectivity index (χ1) is 6.09. The summed E-state index contributed by atoms with van der Waals surface area (Å²) < 4.78 is 0. The predicted octanol–water partition coefficient (Wildman–Crippen LogP) is 0.681. The highest BCUT2D eigenvalue weighted by molar-refractivity contribution is 5.80. The van der Waals surface area contributed by atoms with Crippen molar-refractivity contribution in [2.75, 3.05) is 13.2 Å². The Balaban J connectivity index is 2.39. The minimum absolute atomic E-state index is 0.464. The van der Waals surface area contributed by atoms with Gasteiger partial charge in [0.15, 0.2) is 5.96 Å². The average Bonchev–Trinajstić information content (AvgIpc) is 2.02. The minimum Gasteiger partial charge on any atom is -0.370 e. The van der Waals surface area contributed by atoms with Gasteiger partial charge in [-0.1, -0.05) is 20.4 Å². The molecule has 1 aliphatic heterocycles. The van der Waals surface area contributed by atoms with Crippen molar-refractivity contribution < 1.29 is 0 Å². The molecule has 4 nitrogen and oxygen atoms in total. The van der Waals surface area contributed by atoms with Crippen molar-refractivity contribution in [3.8, 4) is 0 Å². The second-order valence-electron chi connectivity index (χ2n) is 3.70. The van der Waals surface area contributed by atoms with Crippen LogP contribution in [0.5, 0.6) is 0 Å². The Bertz CT molecular complexity index is 220. The molecule has 0 aromatic heterocycles. The van der Waals surface area contributed by atoms with Gasteiger partial charge in [0.1, 0.15) is 12.5 Å². The fraction of sp³-hybridized carbons (Fsp3) is 0.667. The van der Waals surface area contributed by atoms with Crippen molar-refractivity contribution >= 4 is 5.96 Å². The summed E-state index contributed by atoms with van der Waals surface area (Å²) in [5.41, 5.74) is 5.49. The Morgan fingerprint density at radius 3 is 2.92 bits per heavy atom. The molecule has 74 valence electrons. The molecule has 13 heavy (non-hydrogen) atoms. The van der Waals surface area contributed by atoms with Crippen LogP contribution in [0.3, 0.4) is 0 Å². The highest BCUT2D eigenvalue weighted by Gasteiger charge is 2.12. The van der Waals surface area contributed by atoms with Gasteiger partial charge in [-0.3, -0.25) is 0 Å². The topological polar surface area (TPSA) is 53.6 Å². The van der Waals surface area contributed by atoms with Crippen molar-refractivity contribution in [3.63, 3.8) is 0 Å². The Kier molecular flexibility index (Phi) is 3.17. The second-order valence-corrected chi connectivity index (χ2v) is 3.70. The zero-order valence-corrected chi connectivity index (χ0v) is 8.38. The standard InChI is InChI=1S/C9H18N4/c1-7(2)4-5-13-6-11-9(10)12-8(13)3/h7H,3-6H2,1-2H3,(H3,10,11,12). The highest BCUT2D eigenvalue weighted by atomic mass is 15.4. The molecule has 0 saturated carbocycles. The van der Waals surface area contributed by atoms with E-state index < -0.39 is 0 Å². The molecule has 0 aliphatic carbocycles. The zero-order chi connectivity index (χ0) is 9.84. The highest BCUT2D eigenvalue weighted by Crippen LogP contribution is 2.07. The molecule has 0 saturated heterocycles. The number of hydrogen-bond acceptors (Lipinski definition) is 4. The summed E-state index contributed by atoms with van der Waals surface area (Å²) in [4.78, 5) is 6.18. The van der Waals surface area contributed by atoms with E-state index in [1.54, 1.807) is 0 Å². The van der Waals surface area contributed by atoms with Crippen LogP contribution in [0.2, 0.25) is 0 Å². The summed E-state index contributed by atoms with van der Waals surface area (Å²) in [6.45, 7) is 9.91. The average molecular weight is 182 g/mol. The molecular weight excluding hydrogens is 164 g/mol. The van der Waals surface area contributed by atoms with Crippen molar-refractivity contribution in [2.24, 2.45) is 16.6 Å². The smallest absolute Gasteiger partial charge is 0.196 e. The first kappa shape index (κ1) is 9.89. The molecule has 0 atom stereocenters.